The third-order valence-electron chi connectivity index (χ3n) is 4.99. The highest BCUT2D eigenvalue weighted by molar-refractivity contribution is 6.39. The van der Waals surface area contributed by atoms with Crippen molar-refractivity contribution < 1.29 is 4.79 Å². The number of pyridine rings is 2. The number of nitrogen functional groups attached to an aromatic ring is 1. The Morgan fingerprint density at radius 2 is 2.12 bits per heavy atom. The Morgan fingerprint density at radius 1 is 1.31 bits per heavy atom. The molecule has 8 heteroatoms. The van der Waals surface area contributed by atoms with Crippen molar-refractivity contribution in [2.75, 3.05) is 12.3 Å². The molecule has 1 aliphatic rings. The smallest absolute Gasteiger partial charge is 0.251 e. The highest BCUT2D eigenvalue weighted by Crippen LogP contribution is 2.15. The number of nitrogens with zero attached hydrogens (tertiary/aromatic N) is 3. The minimum atomic E-state index is -0.236. The van der Waals surface area contributed by atoms with Crippen LogP contribution in [0.15, 0.2) is 64.3 Å². The molecule has 1 atom stereocenters. The van der Waals surface area contributed by atoms with Gasteiger partial charge in [-0.3, -0.25) is 14.8 Å². The fourth-order valence-electron chi connectivity index (χ4n) is 3.42. The standard InChI is InChI=1S/C24H27ClN6O/c1-15-8-23(27)31-16(2)22(15)14-30-24(32)18-6-7-29-21(11-18)10-17-4-3-5-19(25)12-28-13-20(26)9-17/h3-9,11-12,20H,10,13-14,26H2,1-2H3,(H2,27,31)(H,30,32)/b4-3?,17-9?,19-5-,28-12?. The molecule has 166 valence electrons. The summed E-state index contributed by atoms with van der Waals surface area (Å²) in [7, 11) is 0. The van der Waals surface area contributed by atoms with Crippen molar-refractivity contribution in [3.8, 4) is 0 Å². The molecule has 1 aliphatic heterocycles. The molecule has 3 rings (SSSR count). The zero-order valence-electron chi connectivity index (χ0n) is 18.2. The Hall–Kier alpha value is -3.29. The molecule has 0 saturated heterocycles. The fourth-order valence-corrected chi connectivity index (χ4v) is 3.56. The van der Waals surface area contributed by atoms with Crippen LogP contribution in [0.2, 0.25) is 0 Å². The summed E-state index contributed by atoms with van der Waals surface area (Å²) in [6, 6.07) is 5.05. The summed E-state index contributed by atoms with van der Waals surface area (Å²) in [5, 5.41) is 3.49. The van der Waals surface area contributed by atoms with Crippen molar-refractivity contribution in [2.24, 2.45) is 10.7 Å². The first-order valence-corrected chi connectivity index (χ1v) is 10.7. The minimum absolute atomic E-state index is 0.180. The second-order valence-electron chi connectivity index (χ2n) is 7.63. The summed E-state index contributed by atoms with van der Waals surface area (Å²) in [5.74, 6) is 0.294. The van der Waals surface area contributed by atoms with Gasteiger partial charge in [0.2, 0.25) is 0 Å². The van der Waals surface area contributed by atoms with Crippen LogP contribution >= 0.6 is 11.6 Å². The summed E-state index contributed by atoms with van der Waals surface area (Å²) in [5.41, 5.74) is 17.0. The SMILES string of the molecule is Cc1cc(N)nc(C)c1CNC(=O)c1ccnc(CC2=CC(N)CN=C/C(Cl)=C/C=C2)c1. The van der Waals surface area contributed by atoms with Gasteiger partial charge in [0, 0.05) is 48.4 Å². The summed E-state index contributed by atoms with van der Waals surface area (Å²) < 4.78 is 0. The lowest BCUT2D eigenvalue weighted by Crippen LogP contribution is -2.24. The van der Waals surface area contributed by atoms with E-state index < -0.39 is 0 Å². The number of anilines is 1. The number of carbonyl (C=O) groups is 1. The van der Waals surface area contributed by atoms with Crippen molar-refractivity contribution in [1.82, 2.24) is 15.3 Å². The maximum Gasteiger partial charge on any atom is 0.251 e. The Kier molecular flexibility index (Phi) is 7.92. The summed E-state index contributed by atoms with van der Waals surface area (Å²) in [6.07, 6.45) is 11.3. The van der Waals surface area contributed by atoms with Gasteiger partial charge in [-0.05, 0) is 54.8 Å². The van der Waals surface area contributed by atoms with Crippen LogP contribution in [-0.2, 0) is 13.0 Å². The summed E-state index contributed by atoms with van der Waals surface area (Å²) in [6.45, 7) is 4.65. The van der Waals surface area contributed by atoms with Crippen molar-refractivity contribution >= 4 is 29.5 Å². The number of carbonyl (C=O) groups excluding carboxylic acids is 1. The Bertz CT molecular complexity index is 1100. The topological polar surface area (TPSA) is 119 Å². The predicted octanol–water partition coefficient (Wildman–Crippen LogP) is 3.17. The Morgan fingerprint density at radius 3 is 2.91 bits per heavy atom. The van der Waals surface area contributed by atoms with Crippen LogP contribution < -0.4 is 16.8 Å². The van der Waals surface area contributed by atoms with Crippen LogP contribution in [0.1, 0.15) is 32.9 Å². The number of rotatable bonds is 5. The Labute approximate surface area is 193 Å². The fraction of sp³-hybridized carbons (Fsp3) is 0.250. The molecular weight excluding hydrogens is 424 g/mol. The monoisotopic (exact) mass is 450 g/mol. The Balaban J connectivity index is 1.72. The molecule has 3 heterocycles. The molecule has 0 bridgehead atoms. The lowest BCUT2D eigenvalue weighted by atomic mass is 10.0. The number of halogens is 1. The van der Waals surface area contributed by atoms with Crippen molar-refractivity contribution in [3.05, 3.63) is 87.4 Å². The molecule has 0 fully saturated rings. The van der Waals surface area contributed by atoms with Gasteiger partial charge in [0.05, 0.1) is 11.6 Å². The lowest BCUT2D eigenvalue weighted by molar-refractivity contribution is 0.0950. The largest absolute Gasteiger partial charge is 0.384 e. The number of nitrogens with two attached hydrogens (primary N) is 2. The molecule has 2 aromatic rings. The van der Waals surface area contributed by atoms with Gasteiger partial charge < -0.3 is 16.8 Å². The molecule has 1 amide bonds. The first-order valence-electron chi connectivity index (χ1n) is 10.3. The van der Waals surface area contributed by atoms with Gasteiger partial charge in [0.15, 0.2) is 0 Å². The summed E-state index contributed by atoms with van der Waals surface area (Å²) in [4.78, 5) is 25.7. The van der Waals surface area contributed by atoms with E-state index in [0.717, 1.165) is 28.1 Å². The lowest BCUT2D eigenvalue weighted by Gasteiger charge is -2.12. The van der Waals surface area contributed by atoms with E-state index in [2.05, 4.69) is 20.3 Å². The molecule has 7 nitrogen and oxygen atoms in total. The number of hydrogen-bond acceptors (Lipinski definition) is 6. The van der Waals surface area contributed by atoms with Crippen LogP contribution in [0.4, 0.5) is 5.82 Å². The van der Waals surface area contributed by atoms with Gasteiger partial charge in [-0.1, -0.05) is 29.8 Å². The van der Waals surface area contributed by atoms with Crippen LogP contribution in [-0.4, -0.2) is 34.7 Å². The third kappa shape index (κ3) is 6.60. The van der Waals surface area contributed by atoms with E-state index in [1.165, 1.54) is 0 Å². The number of allylic oxidation sites excluding steroid dienone is 5. The van der Waals surface area contributed by atoms with Gasteiger partial charge in [0.25, 0.3) is 5.91 Å². The minimum Gasteiger partial charge on any atom is -0.384 e. The van der Waals surface area contributed by atoms with Crippen LogP contribution in [0, 0.1) is 13.8 Å². The highest BCUT2D eigenvalue weighted by atomic mass is 35.5. The molecule has 0 spiro atoms. The first kappa shape index (κ1) is 23.4. The molecule has 1 unspecified atom stereocenters. The zero-order valence-corrected chi connectivity index (χ0v) is 18.9. The van der Waals surface area contributed by atoms with Gasteiger partial charge in [-0.15, -0.1) is 0 Å². The average molecular weight is 451 g/mol. The second-order valence-corrected chi connectivity index (χ2v) is 8.07. The van der Waals surface area contributed by atoms with Crippen LogP contribution in [0.5, 0.6) is 0 Å². The van der Waals surface area contributed by atoms with Gasteiger partial charge in [-0.2, -0.15) is 0 Å². The third-order valence-corrected chi connectivity index (χ3v) is 5.21. The molecule has 0 aromatic carbocycles. The number of aromatic nitrogens is 2. The highest BCUT2D eigenvalue weighted by Gasteiger charge is 2.11. The van der Waals surface area contributed by atoms with Crippen molar-refractivity contribution in [1.29, 1.82) is 0 Å². The van der Waals surface area contributed by atoms with E-state index in [-0.39, 0.29) is 11.9 Å². The van der Waals surface area contributed by atoms with Crippen LogP contribution in [0.3, 0.4) is 0 Å². The molecule has 0 saturated carbocycles. The van der Waals surface area contributed by atoms with E-state index in [9.17, 15) is 4.79 Å². The zero-order chi connectivity index (χ0) is 23.1. The average Bonchev–Trinajstić information content (AvgIpc) is 2.72. The number of amides is 1. The van der Waals surface area contributed by atoms with Crippen LogP contribution in [0.25, 0.3) is 0 Å². The second kappa shape index (κ2) is 10.8. The van der Waals surface area contributed by atoms with E-state index in [1.54, 1.807) is 36.7 Å². The molecule has 5 N–H and O–H groups in total. The number of hydrogen-bond donors (Lipinski definition) is 3. The first-order chi connectivity index (χ1) is 15.3. The van der Waals surface area contributed by atoms with E-state index >= 15 is 0 Å². The van der Waals surface area contributed by atoms with Gasteiger partial charge >= 0.3 is 0 Å². The van der Waals surface area contributed by atoms with Crippen molar-refractivity contribution in [3.63, 3.8) is 0 Å². The molecule has 0 aliphatic carbocycles. The molecule has 0 radical (unpaired) electrons. The van der Waals surface area contributed by atoms with Gasteiger partial charge in [0.1, 0.15) is 5.82 Å². The number of aryl methyl sites for hydroxylation is 2. The van der Waals surface area contributed by atoms with Gasteiger partial charge in [-0.25, -0.2) is 4.98 Å². The van der Waals surface area contributed by atoms with Crippen molar-refractivity contribution in [2.45, 2.75) is 32.9 Å². The number of nitrogens with one attached hydrogen (secondary N) is 1. The van der Waals surface area contributed by atoms with E-state index in [4.69, 9.17) is 23.1 Å². The predicted molar refractivity (Wildman–Crippen MR) is 130 cm³/mol. The molecular formula is C24H27ClN6O. The molecule has 32 heavy (non-hydrogen) atoms. The van der Waals surface area contributed by atoms with E-state index in [1.807, 2.05) is 32.1 Å². The maximum absolute atomic E-state index is 12.8. The normalized spacial score (nSPS) is 17.9. The molecule has 2 aromatic heterocycles. The summed E-state index contributed by atoms with van der Waals surface area (Å²) >= 11 is 6.07. The van der Waals surface area contributed by atoms with E-state index in [0.29, 0.717) is 35.9 Å². The quantitative estimate of drug-likeness (QED) is 0.646. The maximum atomic E-state index is 12.8. The number of aliphatic imine (C=N–C) groups is 1.